The first kappa shape index (κ1) is 77.9. The van der Waals surface area contributed by atoms with Gasteiger partial charge in [0, 0.05) is 19.3 Å². The number of hydrogen-bond donors (Lipinski definition) is 0. The molecule has 1 atom stereocenters. The largest absolute Gasteiger partial charge is 0.462 e. The smallest absolute Gasteiger partial charge is 0.306 e. The maximum atomic E-state index is 12.9. The molecular weight excluding hydrogens is 997 g/mol. The van der Waals surface area contributed by atoms with Gasteiger partial charge in [0.1, 0.15) is 13.2 Å². The molecule has 6 heteroatoms. The molecule has 0 saturated carbocycles. The number of carbonyl (C=O) groups excluding carboxylic acids is 3. The van der Waals surface area contributed by atoms with Crippen LogP contribution in [-0.2, 0) is 28.6 Å². The average Bonchev–Trinajstić information content (AvgIpc) is 3.47. The van der Waals surface area contributed by atoms with Crippen molar-refractivity contribution in [1.29, 1.82) is 0 Å². The Morgan fingerprint density at radius 2 is 0.481 bits per heavy atom. The van der Waals surface area contributed by atoms with E-state index in [2.05, 4.69) is 93.7 Å². The summed E-state index contributed by atoms with van der Waals surface area (Å²) in [6, 6.07) is 0. The zero-order valence-electron chi connectivity index (χ0n) is 54.1. The summed E-state index contributed by atoms with van der Waals surface area (Å²) >= 11 is 0. The molecule has 0 aromatic carbocycles. The van der Waals surface area contributed by atoms with Gasteiger partial charge in [0.25, 0.3) is 0 Å². The van der Waals surface area contributed by atoms with E-state index in [0.29, 0.717) is 19.3 Å². The van der Waals surface area contributed by atoms with Gasteiger partial charge in [0.2, 0.25) is 0 Å². The molecule has 0 saturated heterocycles. The van der Waals surface area contributed by atoms with Crippen molar-refractivity contribution in [1.82, 2.24) is 0 Å². The Labute approximate surface area is 503 Å². The predicted octanol–water partition coefficient (Wildman–Crippen LogP) is 24.4. The van der Waals surface area contributed by atoms with Crippen molar-refractivity contribution in [2.75, 3.05) is 13.2 Å². The standard InChI is InChI=1S/C75H134O6/c1-4-7-10-13-16-19-21-23-25-27-29-31-33-35-36-37-38-40-41-43-45-47-49-51-53-56-59-62-65-68-74(77)80-71-72(70-79-73(76)67-64-61-58-55-18-15-12-9-6-3)81-75(78)69-66-63-60-57-54-52-50-48-46-44-42-39-34-32-30-28-26-24-22-20-17-14-11-8-5-2/h7,10,16,19,23,25,29,31,35-36,38,40,72H,4-6,8-9,11-15,17-18,20-22,24,26-28,30,32-34,37,39,41-71H2,1-3H3/b10-7-,19-16-,25-23-,31-29-,36-35-,40-38-. The minimum atomic E-state index is -0.774. The molecule has 0 aromatic rings. The number of ether oxygens (including phenoxy) is 3. The molecule has 0 N–H and O–H groups in total. The lowest BCUT2D eigenvalue weighted by molar-refractivity contribution is -0.167. The number of carbonyl (C=O) groups is 3. The highest BCUT2D eigenvalue weighted by molar-refractivity contribution is 5.71. The van der Waals surface area contributed by atoms with Crippen LogP contribution in [0.3, 0.4) is 0 Å². The lowest BCUT2D eigenvalue weighted by Gasteiger charge is -2.18. The Balaban J connectivity index is 4.14. The quantitative estimate of drug-likeness (QED) is 0.0261. The summed E-state index contributed by atoms with van der Waals surface area (Å²) in [5, 5.41) is 0. The summed E-state index contributed by atoms with van der Waals surface area (Å²) in [6.45, 7) is 6.56. The molecule has 0 heterocycles. The monoisotopic (exact) mass is 1130 g/mol. The van der Waals surface area contributed by atoms with Crippen molar-refractivity contribution in [3.8, 4) is 0 Å². The summed E-state index contributed by atoms with van der Waals surface area (Å²) in [6.07, 6.45) is 90.9. The Hall–Kier alpha value is -3.15. The molecule has 0 amide bonds. The van der Waals surface area contributed by atoms with Gasteiger partial charge in [-0.15, -0.1) is 0 Å². The van der Waals surface area contributed by atoms with Crippen molar-refractivity contribution in [2.45, 2.75) is 374 Å². The lowest BCUT2D eigenvalue weighted by atomic mass is 10.0. The maximum absolute atomic E-state index is 12.9. The van der Waals surface area contributed by atoms with E-state index in [1.165, 1.54) is 231 Å². The molecule has 0 bridgehead atoms. The summed E-state index contributed by atoms with van der Waals surface area (Å²) in [5.41, 5.74) is 0. The average molecular weight is 1130 g/mol. The van der Waals surface area contributed by atoms with Crippen LogP contribution in [0.5, 0.6) is 0 Å². The van der Waals surface area contributed by atoms with Gasteiger partial charge in [-0.1, -0.05) is 351 Å². The Morgan fingerprint density at radius 3 is 0.753 bits per heavy atom. The fourth-order valence-corrected chi connectivity index (χ4v) is 10.5. The molecule has 6 nitrogen and oxygen atoms in total. The number of esters is 3. The molecule has 0 fully saturated rings. The summed E-state index contributed by atoms with van der Waals surface area (Å²) in [7, 11) is 0. The lowest BCUT2D eigenvalue weighted by Crippen LogP contribution is -2.30. The molecule has 0 aliphatic heterocycles. The van der Waals surface area contributed by atoms with Crippen LogP contribution in [0.2, 0.25) is 0 Å². The van der Waals surface area contributed by atoms with Crippen LogP contribution in [0.1, 0.15) is 367 Å². The van der Waals surface area contributed by atoms with Gasteiger partial charge in [-0.3, -0.25) is 14.4 Å². The van der Waals surface area contributed by atoms with E-state index in [-0.39, 0.29) is 31.1 Å². The van der Waals surface area contributed by atoms with E-state index in [0.717, 1.165) is 96.3 Å². The molecule has 470 valence electrons. The van der Waals surface area contributed by atoms with Gasteiger partial charge in [-0.25, -0.2) is 0 Å². The van der Waals surface area contributed by atoms with E-state index in [4.69, 9.17) is 14.2 Å². The highest BCUT2D eigenvalue weighted by Gasteiger charge is 2.19. The second-order valence-corrected chi connectivity index (χ2v) is 23.8. The number of unbranched alkanes of at least 4 members (excludes halogenated alkanes) is 42. The third-order valence-corrected chi connectivity index (χ3v) is 15.7. The molecule has 1 unspecified atom stereocenters. The van der Waals surface area contributed by atoms with Gasteiger partial charge >= 0.3 is 17.9 Å². The van der Waals surface area contributed by atoms with Gasteiger partial charge in [-0.2, -0.15) is 0 Å². The second-order valence-electron chi connectivity index (χ2n) is 23.8. The number of allylic oxidation sites excluding steroid dienone is 12. The van der Waals surface area contributed by atoms with Crippen molar-refractivity contribution in [2.24, 2.45) is 0 Å². The maximum Gasteiger partial charge on any atom is 0.306 e. The third kappa shape index (κ3) is 67.5. The first-order chi connectivity index (χ1) is 40.0. The van der Waals surface area contributed by atoms with E-state index < -0.39 is 6.10 Å². The van der Waals surface area contributed by atoms with E-state index in [9.17, 15) is 14.4 Å². The predicted molar refractivity (Wildman–Crippen MR) is 353 cm³/mol. The molecule has 0 aromatic heterocycles. The first-order valence-corrected chi connectivity index (χ1v) is 35.4. The van der Waals surface area contributed by atoms with Crippen LogP contribution in [0.25, 0.3) is 0 Å². The van der Waals surface area contributed by atoms with Crippen molar-refractivity contribution >= 4 is 17.9 Å². The summed E-state index contributed by atoms with van der Waals surface area (Å²) in [5.74, 6) is -0.857. The highest BCUT2D eigenvalue weighted by atomic mass is 16.6. The van der Waals surface area contributed by atoms with Gasteiger partial charge in [0.15, 0.2) is 6.10 Å². The van der Waals surface area contributed by atoms with E-state index in [1.807, 2.05) is 0 Å². The van der Waals surface area contributed by atoms with E-state index >= 15 is 0 Å². The van der Waals surface area contributed by atoms with Gasteiger partial charge < -0.3 is 14.2 Å². The van der Waals surface area contributed by atoms with Crippen LogP contribution >= 0.6 is 0 Å². The Bertz CT molecular complexity index is 1490. The van der Waals surface area contributed by atoms with Gasteiger partial charge in [0.05, 0.1) is 0 Å². The molecule has 0 spiro atoms. The zero-order chi connectivity index (χ0) is 58.5. The fraction of sp³-hybridized carbons (Fsp3) is 0.800. The molecule has 0 radical (unpaired) electrons. The van der Waals surface area contributed by atoms with E-state index in [1.54, 1.807) is 0 Å². The number of rotatable bonds is 65. The van der Waals surface area contributed by atoms with Crippen molar-refractivity contribution in [3.63, 3.8) is 0 Å². The highest BCUT2D eigenvalue weighted by Crippen LogP contribution is 2.18. The van der Waals surface area contributed by atoms with Crippen LogP contribution in [0.4, 0.5) is 0 Å². The topological polar surface area (TPSA) is 78.9 Å². The minimum absolute atomic E-state index is 0.0712. The SMILES string of the molecule is CC/C=C\C/C=C\C/C=C\C/C=C\C/C=C\C/C=C\CCCCCCCCCCCCC(=O)OCC(COC(=O)CCCCCCCCCCC)OC(=O)CCCCCCCCCCCCCCCCCCCCCCCCCCC. The van der Waals surface area contributed by atoms with Crippen LogP contribution in [0, 0.1) is 0 Å². The van der Waals surface area contributed by atoms with Crippen LogP contribution < -0.4 is 0 Å². The molecule has 81 heavy (non-hydrogen) atoms. The van der Waals surface area contributed by atoms with Crippen LogP contribution in [0.15, 0.2) is 72.9 Å². The zero-order valence-corrected chi connectivity index (χ0v) is 54.1. The molecule has 0 rings (SSSR count). The molecule has 0 aliphatic rings. The second kappa shape index (κ2) is 69.3. The molecule has 0 aliphatic carbocycles. The van der Waals surface area contributed by atoms with Gasteiger partial charge in [-0.05, 0) is 70.6 Å². The van der Waals surface area contributed by atoms with Crippen LogP contribution in [-0.4, -0.2) is 37.2 Å². The van der Waals surface area contributed by atoms with Crippen molar-refractivity contribution in [3.05, 3.63) is 72.9 Å². The number of hydrogen-bond acceptors (Lipinski definition) is 6. The summed E-state index contributed by atoms with van der Waals surface area (Å²) < 4.78 is 16.9. The summed E-state index contributed by atoms with van der Waals surface area (Å²) in [4.78, 5) is 38.3. The fourth-order valence-electron chi connectivity index (χ4n) is 10.5. The third-order valence-electron chi connectivity index (χ3n) is 15.7. The molecular formula is C75H134O6. The Morgan fingerprint density at radius 1 is 0.259 bits per heavy atom. The minimum Gasteiger partial charge on any atom is -0.462 e. The normalized spacial score (nSPS) is 12.5. The first-order valence-electron chi connectivity index (χ1n) is 35.4. The Kier molecular flexibility index (Phi) is 66.6. The van der Waals surface area contributed by atoms with Crippen molar-refractivity contribution < 1.29 is 28.6 Å².